The van der Waals surface area contributed by atoms with Crippen molar-refractivity contribution in [3.05, 3.63) is 35.4 Å². The molecule has 0 fully saturated rings. The third kappa shape index (κ3) is 2.43. The van der Waals surface area contributed by atoms with Crippen molar-refractivity contribution in [1.82, 2.24) is 5.01 Å². The molecule has 1 heterocycles. The summed E-state index contributed by atoms with van der Waals surface area (Å²) in [4.78, 5) is 12.2. The van der Waals surface area contributed by atoms with E-state index in [9.17, 15) is 4.79 Å². The standard InChI is InChI=1S/C14H19N3O/c1-10-5-3-4-6-12(10)9-17-14(18)13(7-8-15)11(2)16-17/h3-6,13H,7-9,15H2,1-2H3. The third-order valence-corrected chi connectivity index (χ3v) is 3.37. The molecular weight excluding hydrogens is 226 g/mol. The molecule has 0 radical (unpaired) electrons. The van der Waals surface area contributed by atoms with Gasteiger partial charge in [0.2, 0.25) is 0 Å². The number of nitrogens with zero attached hydrogens (tertiary/aromatic N) is 2. The number of carbonyl (C=O) groups excluding carboxylic acids is 1. The Kier molecular flexibility index (Phi) is 3.77. The van der Waals surface area contributed by atoms with E-state index >= 15 is 0 Å². The molecule has 1 aliphatic heterocycles. The maximum Gasteiger partial charge on any atom is 0.251 e. The number of nitrogens with two attached hydrogens (primary N) is 1. The Hall–Kier alpha value is -1.68. The van der Waals surface area contributed by atoms with Crippen LogP contribution in [0.1, 0.15) is 24.5 Å². The molecule has 0 saturated carbocycles. The summed E-state index contributed by atoms with van der Waals surface area (Å²) in [6.07, 6.45) is 0.679. The lowest BCUT2D eigenvalue weighted by Crippen LogP contribution is -2.28. The second kappa shape index (κ2) is 5.31. The van der Waals surface area contributed by atoms with Crippen molar-refractivity contribution < 1.29 is 4.79 Å². The summed E-state index contributed by atoms with van der Waals surface area (Å²) in [6, 6.07) is 8.06. The molecule has 4 nitrogen and oxygen atoms in total. The van der Waals surface area contributed by atoms with E-state index in [4.69, 9.17) is 5.73 Å². The SMILES string of the molecule is CC1=NN(Cc2ccccc2C)C(=O)C1CCN. The van der Waals surface area contributed by atoms with Crippen LogP contribution >= 0.6 is 0 Å². The minimum Gasteiger partial charge on any atom is -0.330 e. The summed E-state index contributed by atoms with van der Waals surface area (Å²) in [5.74, 6) is -0.0554. The van der Waals surface area contributed by atoms with Gasteiger partial charge in [0, 0.05) is 5.71 Å². The zero-order valence-electron chi connectivity index (χ0n) is 10.9. The number of carbonyl (C=O) groups is 1. The van der Waals surface area contributed by atoms with Crippen LogP contribution < -0.4 is 5.73 Å². The minimum atomic E-state index is -0.126. The molecular formula is C14H19N3O. The highest BCUT2D eigenvalue weighted by atomic mass is 16.2. The average Bonchev–Trinajstić information content (AvgIpc) is 2.60. The fourth-order valence-corrected chi connectivity index (χ4v) is 2.23. The lowest BCUT2D eigenvalue weighted by molar-refractivity contribution is -0.132. The molecule has 0 spiro atoms. The molecule has 0 bridgehead atoms. The lowest BCUT2D eigenvalue weighted by Gasteiger charge is -2.15. The molecule has 18 heavy (non-hydrogen) atoms. The van der Waals surface area contributed by atoms with E-state index in [1.807, 2.05) is 38.1 Å². The van der Waals surface area contributed by atoms with Crippen LogP contribution in [0.15, 0.2) is 29.4 Å². The predicted octanol–water partition coefficient (Wildman–Crippen LogP) is 1.68. The number of hydrogen-bond donors (Lipinski definition) is 1. The summed E-state index contributed by atoms with van der Waals surface area (Å²) in [5.41, 5.74) is 8.72. The highest BCUT2D eigenvalue weighted by molar-refractivity contribution is 6.06. The molecule has 1 atom stereocenters. The first-order valence-electron chi connectivity index (χ1n) is 6.24. The van der Waals surface area contributed by atoms with Crippen LogP contribution in [0.25, 0.3) is 0 Å². The topological polar surface area (TPSA) is 58.7 Å². The first kappa shape index (κ1) is 12.8. The fourth-order valence-electron chi connectivity index (χ4n) is 2.23. The smallest absolute Gasteiger partial charge is 0.251 e. The van der Waals surface area contributed by atoms with Gasteiger partial charge in [-0.2, -0.15) is 5.10 Å². The number of benzene rings is 1. The van der Waals surface area contributed by atoms with Crippen LogP contribution in [0.5, 0.6) is 0 Å². The first-order valence-corrected chi connectivity index (χ1v) is 6.24. The predicted molar refractivity (Wildman–Crippen MR) is 72.0 cm³/mol. The van der Waals surface area contributed by atoms with Gasteiger partial charge in [-0.25, -0.2) is 5.01 Å². The van der Waals surface area contributed by atoms with Crippen molar-refractivity contribution in [1.29, 1.82) is 0 Å². The highest BCUT2D eigenvalue weighted by Crippen LogP contribution is 2.21. The van der Waals surface area contributed by atoms with Crippen LogP contribution in [0.2, 0.25) is 0 Å². The van der Waals surface area contributed by atoms with E-state index in [1.165, 1.54) is 5.56 Å². The van der Waals surface area contributed by atoms with Crippen molar-refractivity contribution in [2.45, 2.75) is 26.8 Å². The third-order valence-electron chi connectivity index (χ3n) is 3.37. The molecule has 0 aromatic heterocycles. The Labute approximate surface area is 107 Å². The van der Waals surface area contributed by atoms with Crippen LogP contribution in [-0.4, -0.2) is 23.2 Å². The van der Waals surface area contributed by atoms with Gasteiger partial charge in [0.15, 0.2) is 0 Å². The Morgan fingerprint density at radius 3 is 2.72 bits per heavy atom. The summed E-state index contributed by atoms with van der Waals surface area (Å²) < 4.78 is 0. The fraction of sp³-hybridized carbons (Fsp3) is 0.429. The van der Waals surface area contributed by atoms with Crippen molar-refractivity contribution in [3.8, 4) is 0 Å². The summed E-state index contributed by atoms with van der Waals surface area (Å²) in [5, 5.41) is 5.92. The summed E-state index contributed by atoms with van der Waals surface area (Å²) >= 11 is 0. The molecule has 1 amide bonds. The van der Waals surface area contributed by atoms with Gasteiger partial charge in [-0.05, 0) is 37.9 Å². The largest absolute Gasteiger partial charge is 0.330 e. The van der Waals surface area contributed by atoms with Crippen LogP contribution in [0, 0.1) is 12.8 Å². The normalized spacial score (nSPS) is 19.3. The van der Waals surface area contributed by atoms with E-state index < -0.39 is 0 Å². The molecule has 4 heteroatoms. The number of hydrogen-bond acceptors (Lipinski definition) is 3. The number of amides is 1. The van der Waals surface area contributed by atoms with Gasteiger partial charge in [-0.3, -0.25) is 4.79 Å². The van der Waals surface area contributed by atoms with Gasteiger partial charge in [0.1, 0.15) is 0 Å². The summed E-state index contributed by atoms with van der Waals surface area (Å²) in [7, 11) is 0. The Morgan fingerprint density at radius 1 is 1.33 bits per heavy atom. The van der Waals surface area contributed by atoms with Crippen molar-refractivity contribution in [2.24, 2.45) is 16.8 Å². The highest BCUT2D eigenvalue weighted by Gasteiger charge is 2.32. The number of hydrazone groups is 1. The second-order valence-corrected chi connectivity index (χ2v) is 4.69. The number of aryl methyl sites for hydroxylation is 1. The monoisotopic (exact) mass is 245 g/mol. The second-order valence-electron chi connectivity index (χ2n) is 4.69. The lowest BCUT2D eigenvalue weighted by atomic mass is 10.0. The van der Waals surface area contributed by atoms with Gasteiger partial charge >= 0.3 is 0 Å². The molecule has 2 rings (SSSR count). The number of rotatable bonds is 4. The van der Waals surface area contributed by atoms with E-state index in [1.54, 1.807) is 5.01 Å². The minimum absolute atomic E-state index is 0.0706. The Bertz CT molecular complexity index is 482. The van der Waals surface area contributed by atoms with Gasteiger partial charge in [0.25, 0.3) is 5.91 Å². The molecule has 1 unspecified atom stereocenters. The molecule has 1 aromatic carbocycles. The van der Waals surface area contributed by atoms with Gasteiger partial charge in [-0.1, -0.05) is 24.3 Å². The van der Waals surface area contributed by atoms with E-state index in [0.717, 1.165) is 11.3 Å². The first-order chi connectivity index (χ1) is 8.63. The molecule has 1 aliphatic rings. The Balaban J connectivity index is 2.13. The molecule has 2 N–H and O–H groups in total. The van der Waals surface area contributed by atoms with Crippen molar-refractivity contribution in [2.75, 3.05) is 6.54 Å². The zero-order valence-corrected chi connectivity index (χ0v) is 10.9. The van der Waals surface area contributed by atoms with E-state index in [2.05, 4.69) is 5.10 Å². The maximum absolute atomic E-state index is 12.2. The molecule has 0 saturated heterocycles. The van der Waals surface area contributed by atoms with Crippen molar-refractivity contribution >= 4 is 11.6 Å². The quantitative estimate of drug-likeness (QED) is 0.877. The van der Waals surface area contributed by atoms with E-state index in [-0.39, 0.29) is 11.8 Å². The summed E-state index contributed by atoms with van der Waals surface area (Å²) in [6.45, 7) is 5.01. The van der Waals surface area contributed by atoms with E-state index in [0.29, 0.717) is 19.5 Å². The molecule has 1 aromatic rings. The van der Waals surface area contributed by atoms with Gasteiger partial charge in [-0.15, -0.1) is 0 Å². The van der Waals surface area contributed by atoms with Crippen LogP contribution in [-0.2, 0) is 11.3 Å². The zero-order chi connectivity index (χ0) is 13.1. The van der Waals surface area contributed by atoms with Gasteiger partial charge < -0.3 is 5.73 Å². The van der Waals surface area contributed by atoms with Crippen LogP contribution in [0.3, 0.4) is 0 Å². The van der Waals surface area contributed by atoms with Crippen molar-refractivity contribution in [3.63, 3.8) is 0 Å². The average molecular weight is 245 g/mol. The van der Waals surface area contributed by atoms with Crippen LogP contribution in [0.4, 0.5) is 0 Å². The van der Waals surface area contributed by atoms with Gasteiger partial charge in [0.05, 0.1) is 12.5 Å². The molecule has 0 aliphatic carbocycles. The molecule has 96 valence electrons. The maximum atomic E-state index is 12.2. The Morgan fingerprint density at radius 2 is 2.06 bits per heavy atom.